The van der Waals surface area contributed by atoms with Crippen molar-refractivity contribution in [2.45, 2.75) is 25.0 Å². The summed E-state index contributed by atoms with van der Waals surface area (Å²) >= 11 is 6.10. The zero-order valence-corrected chi connectivity index (χ0v) is 16.1. The Morgan fingerprint density at radius 3 is 2.76 bits per heavy atom. The number of halogens is 1. The molecule has 3 aromatic rings. The summed E-state index contributed by atoms with van der Waals surface area (Å²) in [6.07, 6.45) is 3.46. The van der Waals surface area contributed by atoms with Crippen molar-refractivity contribution in [1.29, 1.82) is 0 Å². The van der Waals surface area contributed by atoms with Crippen molar-refractivity contribution in [2.75, 3.05) is 16.0 Å². The van der Waals surface area contributed by atoms with Crippen molar-refractivity contribution in [3.8, 4) is 11.3 Å². The Morgan fingerprint density at radius 1 is 1.24 bits per heavy atom. The van der Waals surface area contributed by atoms with Gasteiger partial charge in [-0.3, -0.25) is 10.2 Å². The number of benzene rings is 1. The number of urea groups is 1. The summed E-state index contributed by atoms with van der Waals surface area (Å²) in [6, 6.07) is 11.4. The second-order valence-corrected chi connectivity index (χ2v) is 7.16. The van der Waals surface area contributed by atoms with E-state index in [1.807, 2.05) is 12.1 Å². The van der Waals surface area contributed by atoms with Crippen LogP contribution < -0.4 is 16.0 Å². The molecule has 1 aliphatic carbocycles. The molecule has 1 aromatic carbocycles. The van der Waals surface area contributed by atoms with Crippen molar-refractivity contribution in [2.24, 2.45) is 0 Å². The average Bonchev–Trinajstić information content (AvgIpc) is 2.72. The molecule has 1 saturated carbocycles. The van der Waals surface area contributed by atoms with Crippen LogP contribution in [0.1, 0.15) is 12.8 Å². The van der Waals surface area contributed by atoms with Crippen molar-refractivity contribution in [3.63, 3.8) is 0 Å². The van der Waals surface area contributed by atoms with Crippen LogP contribution in [0.5, 0.6) is 0 Å². The molecule has 4 N–H and O–H groups in total. The summed E-state index contributed by atoms with van der Waals surface area (Å²) in [5, 5.41) is 13.5. The SMILES string of the molecule is Nc1ccc(-c2cccc(Cl)c2)nc1N(C(=O)Nc1ccncn1)C1CC[C@H]1O. The van der Waals surface area contributed by atoms with Gasteiger partial charge in [-0.05, 0) is 43.2 Å². The lowest BCUT2D eigenvalue weighted by molar-refractivity contribution is 0.0676. The van der Waals surface area contributed by atoms with Crippen molar-refractivity contribution in [1.82, 2.24) is 15.0 Å². The highest BCUT2D eigenvalue weighted by Crippen LogP contribution is 2.34. The fraction of sp³-hybridized carbons (Fsp3) is 0.200. The Balaban J connectivity index is 1.72. The van der Waals surface area contributed by atoms with Crippen molar-refractivity contribution in [3.05, 3.63) is 60.0 Å². The first-order valence-electron chi connectivity index (χ1n) is 9.09. The third-order valence-electron chi connectivity index (χ3n) is 4.82. The van der Waals surface area contributed by atoms with E-state index in [9.17, 15) is 9.90 Å². The molecule has 148 valence electrons. The number of aliphatic hydroxyl groups is 1. The highest BCUT2D eigenvalue weighted by molar-refractivity contribution is 6.30. The number of nitrogens with zero attached hydrogens (tertiary/aromatic N) is 4. The number of amides is 2. The smallest absolute Gasteiger partial charge is 0.329 e. The lowest BCUT2D eigenvalue weighted by Crippen LogP contribution is -2.55. The molecule has 2 atom stereocenters. The Bertz CT molecular complexity index is 1030. The summed E-state index contributed by atoms with van der Waals surface area (Å²) in [4.78, 5) is 27.0. The molecule has 4 rings (SSSR count). The number of nitrogens with two attached hydrogens (primary N) is 1. The molecule has 2 heterocycles. The fourth-order valence-electron chi connectivity index (χ4n) is 3.16. The third kappa shape index (κ3) is 3.98. The summed E-state index contributed by atoms with van der Waals surface area (Å²) < 4.78 is 0. The van der Waals surface area contributed by atoms with E-state index in [2.05, 4.69) is 20.3 Å². The van der Waals surface area contributed by atoms with E-state index in [0.29, 0.717) is 35.1 Å². The van der Waals surface area contributed by atoms with Crippen LogP contribution in [0.3, 0.4) is 0 Å². The number of nitrogens with one attached hydrogen (secondary N) is 1. The largest absolute Gasteiger partial charge is 0.396 e. The standard InChI is InChI=1S/C20H19ClN6O2/c21-13-3-1-2-12(10-13)15-5-4-14(22)19(25-15)27(16-6-7-17(16)28)20(29)26-18-8-9-23-11-24-18/h1-5,8-11,16-17,28H,6-7,22H2,(H,23,24,26,29)/t16?,17-/m1/s1. The lowest BCUT2D eigenvalue weighted by Gasteiger charge is -2.41. The van der Waals surface area contributed by atoms with Crippen LogP contribution in [0, 0.1) is 0 Å². The molecule has 2 amide bonds. The summed E-state index contributed by atoms with van der Waals surface area (Å²) in [5.74, 6) is 0.617. The molecule has 29 heavy (non-hydrogen) atoms. The predicted molar refractivity (Wildman–Crippen MR) is 112 cm³/mol. The van der Waals surface area contributed by atoms with Crippen LogP contribution in [-0.2, 0) is 0 Å². The Labute approximate surface area is 172 Å². The number of hydrogen-bond donors (Lipinski definition) is 3. The molecule has 2 aromatic heterocycles. The number of carbonyl (C=O) groups excluding carboxylic acids is 1. The minimum Gasteiger partial charge on any atom is -0.396 e. The second kappa shape index (κ2) is 8.02. The van der Waals surface area contributed by atoms with Gasteiger partial charge in [0, 0.05) is 16.8 Å². The van der Waals surface area contributed by atoms with Crippen LogP contribution in [0.25, 0.3) is 11.3 Å². The maximum absolute atomic E-state index is 13.1. The Kier molecular flexibility index (Phi) is 5.28. The summed E-state index contributed by atoms with van der Waals surface area (Å²) in [5.41, 5.74) is 7.91. The van der Waals surface area contributed by atoms with Gasteiger partial charge in [-0.15, -0.1) is 0 Å². The molecule has 0 radical (unpaired) electrons. The lowest BCUT2D eigenvalue weighted by atomic mass is 9.88. The van der Waals surface area contributed by atoms with E-state index < -0.39 is 18.2 Å². The van der Waals surface area contributed by atoms with E-state index in [4.69, 9.17) is 17.3 Å². The topological polar surface area (TPSA) is 117 Å². The van der Waals surface area contributed by atoms with Crippen LogP contribution in [0.4, 0.5) is 22.1 Å². The molecule has 0 saturated heterocycles. The number of nitrogen functional groups attached to an aromatic ring is 1. The monoisotopic (exact) mass is 410 g/mol. The first-order chi connectivity index (χ1) is 14.0. The highest BCUT2D eigenvalue weighted by Gasteiger charge is 2.39. The molecule has 9 heteroatoms. The molecule has 8 nitrogen and oxygen atoms in total. The van der Waals surface area contributed by atoms with E-state index in [1.54, 1.807) is 30.3 Å². The maximum atomic E-state index is 13.1. The van der Waals surface area contributed by atoms with Gasteiger partial charge in [-0.1, -0.05) is 23.7 Å². The van der Waals surface area contributed by atoms with E-state index in [-0.39, 0.29) is 5.82 Å². The third-order valence-corrected chi connectivity index (χ3v) is 5.06. The first-order valence-corrected chi connectivity index (χ1v) is 9.47. The van der Waals surface area contributed by atoms with Gasteiger partial charge in [0.15, 0.2) is 5.82 Å². The predicted octanol–water partition coefficient (Wildman–Crippen LogP) is 3.34. The molecule has 1 aliphatic rings. The van der Waals surface area contributed by atoms with Gasteiger partial charge in [-0.25, -0.2) is 19.7 Å². The molecule has 0 aliphatic heterocycles. The van der Waals surface area contributed by atoms with Gasteiger partial charge in [0.2, 0.25) is 0 Å². The number of anilines is 3. The molecular formula is C20H19ClN6O2. The van der Waals surface area contributed by atoms with Crippen LogP contribution in [0.15, 0.2) is 55.0 Å². The minimum atomic E-state index is -0.651. The maximum Gasteiger partial charge on any atom is 0.329 e. The van der Waals surface area contributed by atoms with Crippen molar-refractivity contribution < 1.29 is 9.90 Å². The molecular weight excluding hydrogens is 392 g/mol. The number of aromatic nitrogens is 3. The van der Waals surface area contributed by atoms with Crippen molar-refractivity contribution >= 4 is 35.0 Å². The molecule has 0 spiro atoms. The number of hydrogen-bond acceptors (Lipinski definition) is 6. The number of aliphatic hydroxyl groups excluding tert-OH is 1. The van der Waals surface area contributed by atoms with E-state index in [0.717, 1.165) is 5.56 Å². The van der Waals surface area contributed by atoms with Gasteiger partial charge in [0.1, 0.15) is 12.1 Å². The Morgan fingerprint density at radius 2 is 2.10 bits per heavy atom. The zero-order valence-electron chi connectivity index (χ0n) is 15.4. The number of pyridine rings is 1. The number of rotatable bonds is 4. The van der Waals surface area contributed by atoms with Gasteiger partial charge in [0.25, 0.3) is 0 Å². The average molecular weight is 411 g/mol. The number of carbonyl (C=O) groups is 1. The van der Waals surface area contributed by atoms with E-state index >= 15 is 0 Å². The van der Waals surface area contributed by atoms with Crippen LogP contribution in [-0.4, -0.2) is 38.2 Å². The van der Waals surface area contributed by atoms with Gasteiger partial charge >= 0.3 is 6.03 Å². The van der Waals surface area contributed by atoms with Gasteiger partial charge in [0.05, 0.1) is 23.5 Å². The van der Waals surface area contributed by atoms with Gasteiger partial charge in [-0.2, -0.15) is 0 Å². The molecule has 1 fully saturated rings. The second-order valence-electron chi connectivity index (χ2n) is 6.73. The molecule has 0 bridgehead atoms. The Hall–Kier alpha value is -3.23. The van der Waals surface area contributed by atoms with Crippen LogP contribution >= 0.6 is 11.6 Å². The fourth-order valence-corrected chi connectivity index (χ4v) is 3.36. The molecule has 1 unspecified atom stereocenters. The normalized spacial score (nSPS) is 18.0. The zero-order chi connectivity index (χ0) is 20.4. The summed E-state index contributed by atoms with van der Waals surface area (Å²) in [6.45, 7) is 0. The summed E-state index contributed by atoms with van der Waals surface area (Å²) in [7, 11) is 0. The quantitative estimate of drug-likeness (QED) is 0.607. The minimum absolute atomic E-state index is 0.276. The first kappa shape index (κ1) is 19.1. The highest BCUT2D eigenvalue weighted by atomic mass is 35.5. The van der Waals surface area contributed by atoms with Gasteiger partial charge < -0.3 is 10.8 Å². The van der Waals surface area contributed by atoms with Crippen LogP contribution in [0.2, 0.25) is 5.02 Å². The van der Waals surface area contributed by atoms with E-state index in [1.165, 1.54) is 17.4 Å².